The average Bonchev–Trinajstić information content (AvgIpc) is 1.00. The van der Waals surface area contributed by atoms with Gasteiger partial charge in [0.2, 0.25) is 0 Å². The molecular formula is H16B2O6. The first-order chi connectivity index (χ1) is 1.00. The second kappa shape index (κ2) is 19700. The van der Waals surface area contributed by atoms with Crippen LogP contribution in [0.25, 0.3) is 0 Å². The molecule has 8 heavy (non-hydrogen) atoms. The Hall–Kier alpha value is -0.110. The molecule has 58 valence electrons. The van der Waals surface area contributed by atoms with Gasteiger partial charge in [0, 0.05) is 0 Å². The van der Waals surface area contributed by atoms with Crippen molar-refractivity contribution < 1.29 is 32.9 Å². The lowest BCUT2D eigenvalue weighted by Crippen LogP contribution is -1.38. The van der Waals surface area contributed by atoms with Crippen LogP contribution in [-0.4, -0.2) is 48.3 Å². The number of rotatable bonds is 0. The summed E-state index contributed by atoms with van der Waals surface area (Å²) < 4.78 is 0. The summed E-state index contributed by atoms with van der Waals surface area (Å²) in [5.41, 5.74) is 0. The van der Waals surface area contributed by atoms with E-state index in [1.54, 1.807) is 0 Å². The quantitative estimate of drug-likeness (QED) is 0.284. The molecule has 0 aliphatic carbocycles. The van der Waals surface area contributed by atoms with Crippen molar-refractivity contribution in [2.24, 2.45) is 0 Å². The molecule has 0 amide bonds. The van der Waals surface area contributed by atoms with Gasteiger partial charge in [-0.15, -0.1) is 0 Å². The van der Waals surface area contributed by atoms with Crippen molar-refractivity contribution in [3.8, 4) is 0 Å². The standard InChI is InChI=1S/B2H4.6H2O/c1-2;;;;;;/h1-2H2;6*1H2. The van der Waals surface area contributed by atoms with Crippen LogP contribution < -0.4 is 0 Å². The summed E-state index contributed by atoms with van der Waals surface area (Å²) in [5.74, 6) is 0. The van der Waals surface area contributed by atoms with E-state index < -0.39 is 0 Å². The maximum Gasteiger partial charge on any atom is 0.0643 e. The fourth-order valence-corrected chi connectivity index (χ4v) is 0. The molecule has 0 unspecified atom stereocenters. The lowest BCUT2D eigenvalue weighted by molar-refractivity contribution is 0.823. The van der Waals surface area contributed by atoms with Crippen molar-refractivity contribution in [2.75, 3.05) is 0 Å². The molecule has 0 spiro atoms. The van der Waals surface area contributed by atoms with Gasteiger partial charge in [0.1, 0.15) is 0 Å². The maximum atomic E-state index is 2.00. The van der Waals surface area contributed by atoms with Crippen LogP contribution in [0.2, 0.25) is 0 Å². The zero-order valence-corrected chi connectivity index (χ0v) is 5.00. The fourth-order valence-electron chi connectivity index (χ4n) is 0. The van der Waals surface area contributed by atoms with Crippen molar-refractivity contribution in [1.29, 1.82) is 0 Å². The van der Waals surface area contributed by atoms with Crippen molar-refractivity contribution >= 4 is 15.5 Å². The van der Waals surface area contributed by atoms with E-state index in [2.05, 4.69) is 0 Å². The largest absolute Gasteiger partial charge is 0.412 e. The van der Waals surface area contributed by atoms with E-state index in [9.17, 15) is 0 Å². The van der Waals surface area contributed by atoms with E-state index in [4.69, 9.17) is 0 Å². The molecule has 8 heteroatoms. The van der Waals surface area contributed by atoms with E-state index >= 15 is 0 Å². The zero-order valence-electron chi connectivity index (χ0n) is 5.00. The molecule has 0 fully saturated rings. The maximum absolute atomic E-state index is 2.00. The Balaban J connectivity index is -0.000000000333. The van der Waals surface area contributed by atoms with Crippen LogP contribution in [0.5, 0.6) is 0 Å². The van der Waals surface area contributed by atoms with E-state index in [0.29, 0.717) is 0 Å². The molecule has 0 heterocycles. The van der Waals surface area contributed by atoms with Crippen LogP contribution in [0.1, 0.15) is 0 Å². The van der Waals surface area contributed by atoms with Crippen molar-refractivity contribution in [3.63, 3.8) is 0 Å². The summed E-state index contributed by atoms with van der Waals surface area (Å²) >= 11 is 0. The summed E-state index contributed by atoms with van der Waals surface area (Å²) in [6.07, 6.45) is 0. The first kappa shape index (κ1) is 473. The van der Waals surface area contributed by atoms with Gasteiger partial charge in [-0.3, -0.25) is 0 Å². The van der Waals surface area contributed by atoms with Crippen molar-refractivity contribution in [2.45, 2.75) is 0 Å². The Morgan fingerprint density at radius 3 is 0.375 bits per heavy atom. The third kappa shape index (κ3) is 11600. The monoisotopic (exact) mass is 134 g/mol. The van der Waals surface area contributed by atoms with Gasteiger partial charge in [0.15, 0.2) is 0 Å². The molecule has 0 aromatic carbocycles. The Morgan fingerprint density at radius 2 is 0.375 bits per heavy atom. The Bertz CT molecular complexity index is 6.49. The molecule has 0 aliphatic heterocycles. The first-order valence-electron chi connectivity index (χ1n) is 1.00. The predicted molar refractivity (Wildman–Crippen MR) is 38.8 cm³/mol. The van der Waals surface area contributed by atoms with E-state index in [0.717, 1.165) is 0 Å². The summed E-state index contributed by atoms with van der Waals surface area (Å²) in [7, 11) is 4.00. The van der Waals surface area contributed by atoms with Crippen LogP contribution in [0, 0.1) is 0 Å². The molecular weight excluding hydrogens is 118 g/mol. The van der Waals surface area contributed by atoms with Crippen molar-refractivity contribution in [1.82, 2.24) is 0 Å². The Morgan fingerprint density at radius 1 is 0.375 bits per heavy atom. The van der Waals surface area contributed by atoms with Crippen LogP contribution in [-0.2, 0) is 0 Å². The summed E-state index contributed by atoms with van der Waals surface area (Å²) in [5, 5.41) is 0. The zero-order chi connectivity index (χ0) is 2.00. The van der Waals surface area contributed by atoms with E-state index in [-0.39, 0.29) is 32.9 Å². The van der Waals surface area contributed by atoms with Gasteiger partial charge >= 0.3 is 0 Å². The summed E-state index contributed by atoms with van der Waals surface area (Å²) in [6.45, 7) is 0. The van der Waals surface area contributed by atoms with Gasteiger partial charge in [-0.05, 0) is 0 Å². The highest BCUT2D eigenvalue weighted by Crippen LogP contribution is 0.619. The van der Waals surface area contributed by atoms with Gasteiger partial charge in [-0.1, -0.05) is 0 Å². The van der Waals surface area contributed by atoms with Crippen LogP contribution >= 0.6 is 0 Å². The highest BCUT2D eigenvalue weighted by atomic mass is 16.0. The van der Waals surface area contributed by atoms with Gasteiger partial charge < -0.3 is 32.9 Å². The molecule has 0 saturated heterocycles. The van der Waals surface area contributed by atoms with E-state index in [1.165, 1.54) is 0 Å². The minimum Gasteiger partial charge on any atom is -0.412 e. The summed E-state index contributed by atoms with van der Waals surface area (Å²) in [4.78, 5) is 0. The lowest BCUT2D eigenvalue weighted by Gasteiger charge is -0.936. The SMILES string of the molecule is BB.O.O.O.O.O.O. The highest BCUT2D eigenvalue weighted by molar-refractivity contribution is 6.75. The van der Waals surface area contributed by atoms with Crippen LogP contribution in [0.15, 0.2) is 0 Å². The van der Waals surface area contributed by atoms with Gasteiger partial charge in [0.05, 0.1) is 15.5 Å². The van der Waals surface area contributed by atoms with Crippen molar-refractivity contribution in [3.05, 3.63) is 0 Å². The van der Waals surface area contributed by atoms with Crippen LogP contribution in [0.3, 0.4) is 0 Å². The summed E-state index contributed by atoms with van der Waals surface area (Å²) in [6, 6.07) is 0. The van der Waals surface area contributed by atoms with Crippen LogP contribution in [0.4, 0.5) is 0 Å². The smallest absolute Gasteiger partial charge is 0.0643 e. The van der Waals surface area contributed by atoms with E-state index in [1.807, 2.05) is 15.5 Å². The van der Waals surface area contributed by atoms with Gasteiger partial charge in [-0.25, -0.2) is 0 Å². The molecule has 6 nitrogen and oxygen atoms in total. The molecule has 0 aliphatic rings. The number of hydrogen-bond acceptors (Lipinski definition) is 0. The van der Waals surface area contributed by atoms with Gasteiger partial charge in [-0.2, -0.15) is 0 Å². The Labute approximate surface area is 49.5 Å². The number of hydrogen-bond donors (Lipinski definition) is 0. The minimum atomic E-state index is 0. The third-order valence-electron chi connectivity index (χ3n) is 0. The topological polar surface area (TPSA) is 189 Å². The lowest BCUT2D eigenvalue weighted by atomic mass is 9.81. The molecule has 0 radical (unpaired) electrons. The molecule has 0 saturated carbocycles. The molecule has 0 rings (SSSR count). The van der Waals surface area contributed by atoms with Gasteiger partial charge in [0.25, 0.3) is 0 Å². The molecule has 0 atom stereocenters. The molecule has 0 aromatic heterocycles. The molecule has 0 bridgehead atoms. The first-order valence-corrected chi connectivity index (χ1v) is 1.00. The predicted octanol–water partition coefficient (Wildman–Crippen LogP) is -6.78. The highest BCUT2D eigenvalue weighted by Gasteiger charge is 1.06. The second-order valence-corrected chi connectivity index (χ2v) is 0. The molecule has 12 N–H and O–H groups in total. The molecule has 0 aromatic rings. The fraction of sp³-hybridized carbons (Fsp3) is 0. The second-order valence-electron chi connectivity index (χ2n) is 0. The third-order valence-corrected chi connectivity index (χ3v) is 0. The minimum absolute atomic E-state index is 0. The Kier molecular flexibility index (Phi) is 1170000. The normalized spacial score (nSPS) is 0.500. The average molecular weight is 134 g/mol.